The largest absolute Gasteiger partial charge is 0.492 e. The quantitative estimate of drug-likeness (QED) is 0.758. The van der Waals surface area contributed by atoms with E-state index in [1.54, 1.807) is 24.4 Å². The molecule has 0 unspecified atom stereocenters. The van der Waals surface area contributed by atoms with Crippen molar-refractivity contribution in [2.24, 2.45) is 0 Å². The predicted octanol–water partition coefficient (Wildman–Crippen LogP) is 1.31. The summed E-state index contributed by atoms with van der Waals surface area (Å²) < 4.78 is 1.08. The number of nitrogens with zero attached hydrogens (tertiary/aromatic N) is 3. The number of carbonyl (C=O) groups is 1. The standard InChI is InChI=1S/C10H9N3O2/c1-7(14)13-6-8(10(15)12-13)9-4-2-3-5-11-9/h2-6H,1H3,(H,12,15). The maximum atomic E-state index is 11.0. The van der Waals surface area contributed by atoms with Crippen LogP contribution in [0.4, 0.5) is 0 Å². The summed E-state index contributed by atoms with van der Waals surface area (Å²) in [5, 5.41) is 13.2. The molecule has 0 radical (unpaired) electrons. The summed E-state index contributed by atoms with van der Waals surface area (Å²) in [4.78, 5) is 15.1. The van der Waals surface area contributed by atoms with Crippen LogP contribution in [-0.4, -0.2) is 25.8 Å². The van der Waals surface area contributed by atoms with Gasteiger partial charge in [0.2, 0.25) is 11.8 Å². The van der Waals surface area contributed by atoms with Crippen molar-refractivity contribution < 1.29 is 9.90 Å². The molecule has 0 aliphatic rings. The minimum absolute atomic E-state index is 0.191. The van der Waals surface area contributed by atoms with E-state index in [-0.39, 0.29) is 11.8 Å². The molecule has 2 heterocycles. The molecule has 5 nitrogen and oxygen atoms in total. The molecule has 2 aromatic heterocycles. The molecule has 0 aromatic carbocycles. The second-order valence-corrected chi connectivity index (χ2v) is 3.04. The van der Waals surface area contributed by atoms with E-state index in [9.17, 15) is 9.90 Å². The average molecular weight is 203 g/mol. The Morgan fingerprint density at radius 3 is 2.80 bits per heavy atom. The van der Waals surface area contributed by atoms with E-state index in [0.29, 0.717) is 11.3 Å². The fraction of sp³-hybridized carbons (Fsp3) is 0.100. The summed E-state index contributed by atoms with van der Waals surface area (Å²) in [6, 6.07) is 5.31. The highest BCUT2D eigenvalue weighted by molar-refractivity contribution is 5.77. The Kier molecular flexibility index (Phi) is 2.21. The molecule has 1 N–H and O–H groups in total. The lowest BCUT2D eigenvalue weighted by Crippen LogP contribution is -2.04. The Morgan fingerprint density at radius 1 is 1.47 bits per heavy atom. The molecule has 2 rings (SSSR count). The fourth-order valence-electron chi connectivity index (χ4n) is 1.23. The van der Waals surface area contributed by atoms with Gasteiger partial charge in [0, 0.05) is 19.3 Å². The smallest absolute Gasteiger partial charge is 0.243 e. The molecule has 0 bridgehead atoms. The van der Waals surface area contributed by atoms with E-state index in [2.05, 4.69) is 10.1 Å². The Hall–Kier alpha value is -2.17. The zero-order valence-electron chi connectivity index (χ0n) is 8.08. The number of hydrogen-bond acceptors (Lipinski definition) is 4. The lowest BCUT2D eigenvalue weighted by molar-refractivity contribution is 0.0919. The van der Waals surface area contributed by atoms with E-state index in [1.807, 2.05) is 0 Å². The van der Waals surface area contributed by atoms with Crippen molar-refractivity contribution >= 4 is 5.91 Å². The highest BCUT2D eigenvalue weighted by atomic mass is 16.3. The maximum Gasteiger partial charge on any atom is 0.243 e. The van der Waals surface area contributed by atoms with Gasteiger partial charge in [0.1, 0.15) is 0 Å². The number of rotatable bonds is 1. The summed E-state index contributed by atoms with van der Waals surface area (Å²) in [6.07, 6.45) is 3.07. The number of carbonyl (C=O) groups excluding carboxylic acids is 1. The SMILES string of the molecule is CC(=O)n1cc(-c2ccccn2)c(O)n1. The van der Waals surface area contributed by atoms with E-state index in [4.69, 9.17) is 0 Å². The first-order valence-corrected chi connectivity index (χ1v) is 4.39. The molecular formula is C10H9N3O2. The highest BCUT2D eigenvalue weighted by Crippen LogP contribution is 2.25. The van der Waals surface area contributed by atoms with Crippen LogP contribution >= 0.6 is 0 Å². The molecule has 5 heteroatoms. The lowest BCUT2D eigenvalue weighted by Gasteiger charge is -1.94. The predicted molar refractivity (Wildman–Crippen MR) is 53.4 cm³/mol. The van der Waals surface area contributed by atoms with Gasteiger partial charge in [0.15, 0.2) is 0 Å². The van der Waals surface area contributed by atoms with Crippen LogP contribution < -0.4 is 0 Å². The number of hydrogen-bond donors (Lipinski definition) is 1. The van der Waals surface area contributed by atoms with Crippen LogP contribution in [0.25, 0.3) is 11.3 Å². The molecule has 0 aliphatic heterocycles. The minimum Gasteiger partial charge on any atom is -0.492 e. The summed E-state index contributed by atoms with van der Waals surface area (Å²) >= 11 is 0. The summed E-state index contributed by atoms with van der Waals surface area (Å²) in [6.45, 7) is 1.37. The Bertz CT molecular complexity index is 491. The third-order valence-corrected chi connectivity index (χ3v) is 1.96. The number of aromatic hydroxyl groups is 1. The Balaban J connectivity index is 2.50. The Morgan fingerprint density at radius 2 is 2.27 bits per heavy atom. The second kappa shape index (κ2) is 3.53. The molecule has 0 saturated heterocycles. The van der Waals surface area contributed by atoms with Gasteiger partial charge < -0.3 is 5.11 Å². The minimum atomic E-state index is -0.257. The molecular weight excluding hydrogens is 194 g/mol. The summed E-state index contributed by atoms with van der Waals surface area (Å²) in [5.41, 5.74) is 1.04. The average Bonchev–Trinajstić information content (AvgIpc) is 2.62. The molecule has 0 spiro atoms. The van der Waals surface area contributed by atoms with E-state index < -0.39 is 0 Å². The molecule has 15 heavy (non-hydrogen) atoms. The molecule has 0 aliphatic carbocycles. The number of pyridine rings is 1. The van der Waals surface area contributed by atoms with Crippen molar-refractivity contribution in [3.05, 3.63) is 30.6 Å². The van der Waals surface area contributed by atoms with Gasteiger partial charge in [-0.05, 0) is 12.1 Å². The Labute approximate surface area is 86.0 Å². The zero-order chi connectivity index (χ0) is 10.8. The van der Waals surface area contributed by atoms with Crippen LogP contribution in [0.15, 0.2) is 30.6 Å². The first-order chi connectivity index (χ1) is 7.18. The molecule has 76 valence electrons. The first kappa shape index (κ1) is 9.39. The van der Waals surface area contributed by atoms with Crippen molar-refractivity contribution in [2.75, 3.05) is 0 Å². The van der Waals surface area contributed by atoms with Crippen molar-refractivity contribution in [1.82, 2.24) is 14.8 Å². The lowest BCUT2D eigenvalue weighted by atomic mass is 10.2. The van der Waals surface area contributed by atoms with Gasteiger partial charge in [-0.15, -0.1) is 5.10 Å². The second-order valence-electron chi connectivity index (χ2n) is 3.04. The molecule has 0 amide bonds. The summed E-state index contributed by atoms with van der Waals surface area (Å²) in [7, 11) is 0. The number of aromatic nitrogens is 3. The van der Waals surface area contributed by atoms with E-state index >= 15 is 0 Å². The molecule has 0 saturated carbocycles. The molecule has 0 atom stereocenters. The summed E-state index contributed by atoms with van der Waals surface area (Å²) in [5.74, 6) is -0.448. The van der Waals surface area contributed by atoms with Crippen LogP contribution in [-0.2, 0) is 0 Å². The van der Waals surface area contributed by atoms with Crippen molar-refractivity contribution in [2.45, 2.75) is 6.92 Å². The van der Waals surface area contributed by atoms with Crippen LogP contribution in [0.1, 0.15) is 11.7 Å². The third kappa shape index (κ3) is 1.71. The van der Waals surface area contributed by atoms with Gasteiger partial charge in [-0.3, -0.25) is 9.78 Å². The van der Waals surface area contributed by atoms with E-state index in [0.717, 1.165) is 4.68 Å². The van der Waals surface area contributed by atoms with Crippen LogP contribution in [0.5, 0.6) is 5.88 Å². The van der Waals surface area contributed by atoms with Crippen LogP contribution in [0.2, 0.25) is 0 Å². The van der Waals surface area contributed by atoms with Gasteiger partial charge in [0.25, 0.3) is 0 Å². The van der Waals surface area contributed by atoms with Gasteiger partial charge in [-0.1, -0.05) is 6.07 Å². The van der Waals surface area contributed by atoms with Crippen molar-refractivity contribution in [3.8, 4) is 17.1 Å². The monoisotopic (exact) mass is 203 g/mol. The van der Waals surface area contributed by atoms with Crippen molar-refractivity contribution in [1.29, 1.82) is 0 Å². The van der Waals surface area contributed by atoms with Gasteiger partial charge in [-0.25, -0.2) is 4.68 Å². The van der Waals surface area contributed by atoms with Crippen LogP contribution in [0, 0.1) is 0 Å². The first-order valence-electron chi connectivity index (χ1n) is 4.39. The maximum absolute atomic E-state index is 11.0. The highest BCUT2D eigenvalue weighted by Gasteiger charge is 2.12. The zero-order valence-corrected chi connectivity index (χ0v) is 8.08. The topological polar surface area (TPSA) is 68.0 Å². The van der Waals surface area contributed by atoms with Gasteiger partial charge >= 0.3 is 0 Å². The normalized spacial score (nSPS) is 10.2. The van der Waals surface area contributed by atoms with Gasteiger partial charge in [0.05, 0.1) is 11.3 Å². The molecule has 2 aromatic rings. The van der Waals surface area contributed by atoms with E-state index in [1.165, 1.54) is 13.1 Å². The van der Waals surface area contributed by atoms with Crippen LogP contribution in [0.3, 0.4) is 0 Å². The molecule has 0 fully saturated rings. The third-order valence-electron chi connectivity index (χ3n) is 1.96. The fourth-order valence-corrected chi connectivity index (χ4v) is 1.23. The van der Waals surface area contributed by atoms with Crippen molar-refractivity contribution in [3.63, 3.8) is 0 Å². The van der Waals surface area contributed by atoms with Gasteiger partial charge in [-0.2, -0.15) is 0 Å².